The highest BCUT2D eigenvalue weighted by atomic mass is 16.3. The molecule has 3 aromatic rings. The smallest absolute Gasteiger partial charge is 0.124 e. The number of rotatable bonds is 9. The highest BCUT2D eigenvalue weighted by molar-refractivity contribution is 5.83. The Kier molecular flexibility index (Phi) is 7.07. The van der Waals surface area contributed by atoms with E-state index in [0.717, 1.165) is 43.0 Å². The van der Waals surface area contributed by atoms with Crippen LogP contribution in [0.5, 0.6) is 5.75 Å². The van der Waals surface area contributed by atoms with Gasteiger partial charge in [0.05, 0.1) is 11.4 Å². The fraction of sp³-hybridized carbons (Fsp3) is 0.227. The van der Waals surface area contributed by atoms with Gasteiger partial charge in [-0.05, 0) is 42.8 Å². The quantitative estimate of drug-likeness (QED) is 0.467. The average Bonchev–Trinajstić information content (AvgIpc) is 2.70. The number of hydrogen-bond acceptors (Lipinski definition) is 5. The molecule has 0 bridgehead atoms. The van der Waals surface area contributed by atoms with Crippen LogP contribution >= 0.6 is 0 Å². The number of hydrogen-bond donors (Lipinski definition) is 1. The van der Waals surface area contributed by atoms with Crippen molar-refractivity contribution in [3.8, 4) is 5.75 Å². The third-order valence-corrected chi connectivity index (χ3v) is 4.15. The van der Waals surface area contributed by atoms with Crippen molar-refractivity contribution in [3.05, 3.63) is 90.0 Å². The molecular formula is C22H24N4O. The first kappa shape index (κ1) is 18.7. The number of benzene rings is 1. The second-order valence-electron chi connectivity index (χ2n) is 6.30. The second-order valence-corrected chi connectivity index (χ2v) is 6.30. The molecule has 0 fully saturated rings. The maximum atomic E-state index is 9.77. The van der Waals surface area contributed by atoms with Crippen LogP contribution in [0.1, 0.15) is 23.4 Å². The molecule has 0 radical (unpaired) electrons. The molecule has 0 unspecified atom stereocenters. The van der Waals surface area contributed by atoms with Crippen LogP contribution in [0.2, 0.25) is 0 Å². The van der Waals surface area contributed by atoms with Crippen LogP contribution in [0.3, 0.4) is 0 Å². The van der Waals surface area contributed by atoms with Crippen molar-refractivity contribution in [1.82, 2.24) is 14.9 Å². The number of para-hydroxylation sites is 1. The minimum atomic E-state index is 0.258. The van der Waals surface area contributed by atoms with Crippen molar-refractivity contribution >= 4 is 6.21 Å². The second kappa shape index (κ2) is 10.2. The maximum absolute atomic E-state index is 9.77. The van der Waals surface area contributed by atoms with E-state index in [9.17, 15) is 5.11 Å². The molecule has 5 nitrogen and oxygen atoms in total. The molecule has 1 N–H and O–H groups in total. The van der Waals surface area contributed by atoms with Crippen molar-refractivity contribution in [2.24, 2.45) is 4.99 Å². The molecule has 0 aliphatic carbocycles. The largest absolute Gasteiger partial charge is 0.507 e. The van der Waals surface area contributed by atoms with Crippen molar-refractivity contribution in [2.45, 2.75) is 19.5 Å². The summed E-state index contributed by atoms with van der Waals surface area (Å²) in [4.78, 5) is 15.6. The number of aromatic nitrogens is 2. The molecule has 0 aliphatic heterocycles. The van der Waals surface area contributed by atoms with E-state index in [-0.39, 0.29) is 5.75 Å². The van der Waals surface area contributed by atoms with Gasteiger partial charge >= 0.3 is 0 Å². The van der Waals surface area contributed by atoms with Gasteiger partial charge in [0.1, 0.15) is 5.75 Å². The Balaban J connectivity index is 1.55. The molecular weight excluding hydrogens is 336 g/mol. The number of aliphatic imine (C=N–C) groups is 1. The minimum Gasteiger partial charge on any atom is -0.507 e. The summed E-state index contributed by atoms with van der Waals surface area (Å²) in [5.74, 6) is 0.258. The van der Waals surface area contributed by atoms with Gasteiger partial charge in [-0.3, -0.25) is 19.9 Å². The van der Waals surface area contributed by atoms with Crippen molar-refractivity contribution in [2.75, 3.05) is 13.1 Å². The lowest BCUT2D eigenvalue weighted by atomic mass is 10.2. The predicted molar refractivity (Wildman–Crippen MR) is 108 cm³/mol. The number of phenolic OH excluding ortho intramolecular Hbond substituents is 1. The van der Waals surface area contributed by atoms with E-state index in [1.165, 1.54) is 0 Å². The van der Waals surface area contributed by atoms with Gasteiger partial charge in [0.2, 0.25) is 0 Å². The lowest BCUT2D eigenvalue weighted by molar-refractivity contribution is 0.249. The summed E-state index contributed by atoms with van der Waals surface area (Å²) in [7, 11) is 0. The highest BCUT2D eigenvalue weighted by Gasteiger charge is 2.08. The summed E-state index contributed by atoms with van der Waals surface area (Å²) < 4.78 is 0. The lowest BCUT2D eigenvalue weighted by Gasteiger charge is -2.21. The van der Waals surface area contributed by atoms with E-state index in [0.29, 0.717) is 6.54 Å². The monoisotopic (exact) mass is 360 g/mol. The van der Waals surface area contributed by atoms with Gasteiger partial charge in [-0.1, -0.05) is 24.3 Å². The zero-order valence-corrected chi connectivity index (χ0v) is 15.3. The first-order chi connectivity index (χ1) is 13.3. The molecule has 2 aromatic heterocycles. The first-order valence-electron chi connectivity index (χ1n) is 9.11. The van der Waals surface area contributed by atoms with Crippen LogP contribution in [-0.2, 0) is 13.1 Å². The van der Waals surface area contributed by atoms with Gasteiger partial charge in [0.25, 0.3) is 0 Å². The van der Waals surface area contributed by atoms with E-state index in [1.807, 2.05) is 60.9 Å². The molecule has 0 aliphatic rings. The van der Waals surface area contributed by atoms with Gasteiger partial charge in [0, 0.05) is 50.4 Å². The predicted octanol–water partition coefficient (Wildman–Crippen LogP) is 3.69. The van der Waals surface area contributed by atoms with Crippen LogP contribution in [0.25, 0.3) is 0 Å². The molecule has 0 atom stereocenters. The zero-order chi connectivity index (χ0) is 18.7. The molecule has 3 rings (SSSR count). The third-order valence-electron chi connectivity index (χ3n) is 4.15. The molecule has 27 heavy (non-hydrogen) atoms. The topological polar surface area (TPSA) is 61.6 Å². The first-order valence-corrected chi connectivity index (χ1v) is 9.11. The Morgan fingerprint density at radius 3 is 2.07 bits per heavy atom. The number of aromatic hydroxyl groups is 1. The van der Waals surface area contributed by atoms with E-state index >= 15 is 0 Å². The SMILES string of the molecule is Oc1ccccc1C=NCCCN(Cc1ccccn1)Cc1ccccn1. The van der Waals surface area contributed by atoms with Crippen molar-refractivity contribution in [1.29, 1.82) is 0 Å². The Morgan fingerprint density at radius 2 is 1.48 bits per heavy atom. The van der Waals surface area contributed by atoms with Gasteiger partial charge in [0.15, 0.2) is 0 Å². The summed E-state index contributed by atoms with van der Waals surface area (Å²) in [6, 6.07) is 19.2. The van der Waals surface area contributed by atoms with Gasteiger partial charge < -0.3 is 5.11 Å². The Labute approximate surface area is 160 Å². The van der Waals surface area contributed by atoms with Crippen LogP contribution in [0.4, 0.5) is 0 Å². The third kappa shape index (κ3) is 6.31. The van der Waals surface area contributed by atoms with Gasteiger partial charge in [-0.25, -0.2) is 0 Å². The summed E-state index contributed by atoms with van der Waals surface area (Å²) >= 11 is 0. The summed E-state index contributed by atoms with van der Waals surface area (Å²) in [5.41, 5.74) is 2.84. The lowest BCUT2D eigenvalue weighted by Crippen LogP contribution is -2.25. The molecule has 0 spiro atoms. The maximum Gasteiger partial charge on any atom is 0.124 e. The van der Waals surface area contributed by atoms with E-state index in [2.05, 4.69) is 19.9 Å². The molecule has 0 saturated heterocycles. The molecule has 2 heterocycles. The van der Waals surface area contributed by atoms with Crippen LogP contribution < -0.4 is 0 Å². The number of phenols is 1. The Bertz CT molecular complexity index is 796. The number of nitrogens with zero attached hydrogens (tertiary/aromatic N) is 4. The molecule has 138 valence electrons. The molecule has 5 heteroatoms. The van der Waals surface area contributed by atoms with Gasteiger partial charge in [-0.2, -0.15) is 0 Å². The minimum absolute atomic E-state index is 0.258. The molecule has 0 saturated carbocycles. The van der Waals surface area contributed by atoms with Crippen LogP contribution in [0, 0.1) is 0 Å². The fourth-order valence-corrected chi connectivity index (χ4v) is 2.80. The Morgan fingerprint density at radius 1 is 0.852 bits per heavy atom. The van der Waals surface area contributed by atoms with E-state index in [1.54, 1.807) is 18.3 Å². The summed E-state index contributed by atoms with van der Waals surface area (Å²) in [6.45, 7) is 3.15. The normalized spacial score (nSPS) is 11.3. The fourth-order valence-electron chi connectivity index (χ4n) is 2.80. The molecule has 0 amide bonds. The summed E-state index contributed by atoms with van der Waals surface area (Å²) in [5, 5.41) is 9.77. The van der Waals surface area contributed by atoms with Crippen LogP contribution in [0.15, 0.2) is 78.0 Å². The number of pyridine rings is 2. The van der Waals surface area contributed by atoms with Crippen molar-refractivity contribution < 1.29 is 5.11 Å². The van der Waals surface area contributed by atoms with Crippen LogP contribution in [-0.4, -0.2) is 39.3 Å². The van der Waals surface area contributed by atoms with Crippen molar-refractivity contribution in [3.63, 3.8) is 0 Å². The standard InChI is InChI=1S/C22H24N4O/c27-22-11-2-1-8-19(22)16-23-12-7-15-26(17-20-9-3-5-13-24-20)18-21-10-4-6-14-25-21/h1-6,8-11,13-14,16,27H,7,12,15,17-18H2. The van der Waals surface area contributed by atoms with E-state index < -0.39 is 0 Å². The molecule has 1 aromatic carbocycles. The highest BCUT2D eigenvalue weighted by Crippen LogP contribution is 2.13. The van der Waals surface area contributed by atoms with Gasteiger partial charge in [-0.15, -0.1) is 0 Å². The summed E-state index contributed by atoms with van der Waals surface area (Å²) in [6.07, 6.45) is 6.30. The zero-order valence-electron chi connectivity index (χ0n) is 15.3. The average molecular weight is 360 g/mol. The van der Waals surface area contributed by atoms with E-state index in [4.69, 9.17) is 0 Å². The Hall–Kier alpha value is -3.05.